The number of amidine groups is 1. The van der Waals surface area contributed by atoms with Gasteiger partial charge in [0.2, 0.25) is 0 Å². The fourth-order valence-corrected chi connectivity index (χ4v) is 0.880. The second-order valence-corrected chi connectivity index (χ2v) is 2.33. The first kappa shape index (κ1) is 8.86. The zero-order valence-electron chi connectivity index (χ0n) is 7.31. The summed E-state index contributed by atoms with van der Waals surface area (Å²) < 4.78 is 9.81. The van der Waals surface area contributed by atoms with E-state index in [9.17, 15) is 5.11 Å². The van der Waals surface area contributed by atoms with Crippen LogP contribution in [0.25, 0.3) is 0 Å². The highest BCUT2D eigenvalue weighted by atomic mass is 16.5. The van der Waals surface area contributed by atoms with Crippen molar-refractivity contribution in [1.29, 1.82) is 0 Å². The number of aliphatic hydroxyl groups is 1. The summed E-state index contributed by atoms with van der Waals surface area (Å²) in [4.78, 5) is 5.44. The number of aliphatic hydroxyl groups excluding tert-OH is 1. The zero-order valence-corrected chi connectivity index (χ0v) is 7.31. The molecule has 1 heterocycles. The van der Waals surface area contributed by atoms with Crippen LogP contribution in [-0.4, -0.2) is 43.5 Å². The molecule has 68 valence electrons. The summed E-state index contributed by atoms with van der Waals surface area (Å²) in [6, 6.07) is 0.335. The van der Waals surface area contributed by atoms with Crippen molar-refractivity contribution in [1.82, 2.24) is 4.90 Å². The van der Waals surface area contributed by atoms with Gasteiger partial charge in [0.15, 0.2) is 12.1 Å². The molecule has 1 aliphatic rings. The van der Waals surface area contributed by atoms with E-state index in [0.29, 0.717) is 6.02 Å². The van der Waals surface area contributed by atoms with Gasteiger partial charge in [-0.25, -0.2) is 0 Å². The first-order valence-electron chi connectivity index (χ1n) is 3.48. The van der Waals surface area contributed by atoms with Crippen LogP contribution in [0, 0.1) is 0 Å². The Morgan fingerprint density at radius 3 is 2.75 bits per heavy atom. The largest absolute Gasteiger partial charge is 0.494 e. The molecule has 1 unspecified atom stereocenters. The predicted molar refractivity (Wildman–Crippen MR) is 43.7 cm³/mol. The highest BCUT2D eigenvalue weighted by Crippen LogP contribution is 2.11. The Morgan fingerprint density at radius 1 is 1.58 bits per heavy atom. The molecular weight excluding hydrogens is 160 g/mol. The lowest BCUT2D eigenvalue weighted by molar-refractivity contribution is 0.123. The van der Waals surface area contributed by atoms with E-state index in [1.165, 1.54) is 25.2 Å². The number of ether oxygens (including phenoxy) is 2. The molecule has 0 aromatic heterocycles. The molecule has 0 saturated carbocycles. The third-order valence-corrected chi connectivity index (χ3v) is 1.58. The lowest BCUT2D eigenvalue weighted by Crippen LogP contribution is -2.33. The second-order valence-electron chi connectivity index (χ2n) is 2.33. The van der Waals surface area contributed by atoms with Gasteiger partial charge in [-0.15, -0.1) is 0 Å². The van der Waals surface area contributed by atoms with E-state index in [2.05, 4.69) is 4.99 Å². The molecule has 1 aliphatic heterocycles. The summed E-state index contributed by atoms with van der Waals surface area (Å²) in [5, 5.41) is 9.33. The van der Waals surface area contributed by atoms with Crippen molar-refractivity contribution < 1.29 is 14.6 Å². The van der Waals surface area contributed by atoms with Gasteiger partial charge in [0, 0.05) is 20.2 Å². The Balaban J connectivity index is 2.81. The van der Waals surface area contributed by atoms with E-state index < -0.39 is 6.23 Å². The van der Waals surface area contributed by atoms with Crippen LogP contribution < -0.4 is 0 Å². The van der Waals surface area contributed by atoms with Gasteiger partial charge in [0.25, 0.3) is 6.02 Å². The minimum Gasteiger partial charge on any atom is -0.494 e. The minimum absolute atomic E-state index is 0.0775. The van der Waals surface area contributed by atoms with Crippen molar-refractivity contribution in [2.45, 2.75) is 6.23 Å². The van der Waals surface area contributed by atoms with Gasteiger partial charge in [0.1, 0.15) is 0 Å². The van der Waals surface area contributed by atoms with Crippen LogP contribution >= 0.6 is 0 Å². The number of methoxy groups -OCH3 is 2. The molecule has 0 amide bonds. The Labute approximate surface area is 70.9 Å². The fourth-order valence-electron chi connectivity index (χ4n) is 0.880. The van der Waals surface area contributed by atoms with Crippen molar-refractivity contribution in [3.05, 3.63) is 12.0 Å². The fraction of sp³-hybridized carbons (Fsp3) is 0.571. The standard InChI is InChI=1S/C7H12N2O3/c1-9-6(10)4-5(11-2)8-7(9)12-3/h4-5,10H,1-3H3. The predicted octanol–water partition coefficient (Wildman–Crippen LogP) is 0.306. The van der Waals surface area contributed by atoms with Gasteiger partial charge < -0.3 is 14.6 Å². The molecule has 0 spiro atoms. The number of hydrogen-bond acceptors (Lipinski definition) is 5. The molecule has 0 aromatic carbocycles. The number of hydrogen-bond donors (Lipinski definition) is 1. The highest BCUT2D eigenvalue weighted by Gasteiger charge is 2.19. The van der Waals surface area contributed by atoms with Gasteiger partial charge in [-0.2, -0.15) is 4.99 Å². The minimum atomic E-state index is -0.462. The van der Waals surface area contributed by atoms with Gasteiger partial charge >= 0.3 is 0 Å². The topological polar surface area (TPSA) is 54.3 Å². The molecule has 1 N–H and O–H groups in total. The van der Waals surface area contributed by atoms with Crippen molar-refractivity contribution in [3.8, 4) is 0 Å². The molecule has 5 nitrogen and oxygen atoms in total. The Morgan fingerprint density at radius 2 is 2.25 bits per heavy atom. The normalized spacial score (nSPS) is 23.2. The van der Waals surface area contributed by atoms with E-state index in [-0.39, 0.29) is 5.88 Å². The highest BCUT2D eigenvalue weighted by molar-refractivity contribution is 5.76. The third kappa shape index (κ3) is 1.50. The van der Waals surface area contributed by atoms with Crippen LogP contribution in [0.15, 0.2) is 17.0 Å². The summed E-state index contributed by atoms with van der Waals surface area (Å²) >= 11 is 0. The molecule has 0 aromatic rings. The number of aliphatic imine (C=N–C) groups is 1. The monoisotopic (exact) mass is 172 g/mol. The Hall–Kier alpha value is -1.23. The average Bonchev–Trinajstić information content (AvgIpc) is 2.09. The SMILES string of the molecule is COC1=NC(OC)C=C(O)N1C. The van der Waals surface area contributed by atoms with Crippen LogP contribution in [0.3, 0.4) is 0 Å². The van der Waals surface area contributed by atoms with Crippen molar-refractivity contribution in [2.75, 3.05) is 21.3 Å². The van der Waals surface area contributed by atoms with Crippen molar-refractivity contribution in [3.63, 3.8) is 0 Å². The lowest BCUT2D eigenvalue weighted by Gasteiger charge is -2.24. The molecule has 1 rings (SSSR count). The number of nitrogens with zero attached hydrogens (tertiary/aromatic N) is 2. The maximum Gasteiger partial charge on any atom is 0.296 e. The molecule has 12 heavy (non-hydrogen) atoms. The first-order chi connectivity index (χ1) is 5.69. The summed E-state index contributed by atoms with van der Waals surface area (Å²) in [6.07, 6.45) is 1.03. The average molecular weight is 172 g/mol. The van der Waals surface area contributed by atoms with Crippen molar-refractivity contribution in [2.24, 2.45) is 4.99 Å². The van der Waals surface area contributed by atoms with E-state index in [1.54, 1.807) is 7.05 Å². The third-order valence-electron chi connectivity index (χ3n) is 1.58. The van der Waals surface area contributed by atoms with Crippen LogP contribution in [0.2, 0.25) is 0 Å². The lowest BCUT2D eigenvalue weighted by atomic mass is 10.4. The summed E-state index contributed by atoms with van der Waals surface area (Å²) in [7, 11) is 4.65. The molecular formula is C7H12N2O3. The second kappa shape index (κ2) is 3.44. The molecule has 0 fully saturated rings. The van der Waals surface area contributed by atoms with Crippen LogP contribution in [0.1, 0.15) is 0 Å². The molecule has 5 heteroatoms. The molecule has 1 atom stereocenters. The van der Waals surface area contributed by atoms with E-state index in [0.717, 1.165) is 0 Å². The van der Waals surface area contributed by atoms with Gasteiger partial charge in [-0.05, 0) is 0 Å². The molecule has 0 saturated heterocycles. The van der Waals surface area contributed by atoms with Crippen LogP contribution in [-0.2, 0) is 9.47 Å². The maximum atomic E-state index is 9.33. The molecule has 0 bridgehead atoms. The van der Waals surface area contributed by atoms with Crippen LogP contribution in [0.4, 0.5) is 0 Å². The Kier molecular flexibility index (Phi) is 2.54. The van der Waals surface area contributed by atoms with Crippen LogP contribution in [0.5, 0.6) is 0 Å². The quantitative estimate of drug-likeness (QED) is 0.618. The summed E-state index contributed by atoms with van der Waals surface area (Å²) in [5.74, 6) is 0.0775. The Bertz CT molecular complexity index is 225. The maximum absolute atomic E-state index is 9.33. The van der Waals surface area contributed by atoms with E-state index >= 15 is 0 Å². The summed E-state index contributed by atoms with van der Waals surface area (Å²) in [5.41, 5.74) is 0. The molecule has 0 aliphatic carbocycles. The van der Waals surface area contributed by atoms with Gasteiger partial charge in [0.05, 0.1) is 7.11 Å². The van der Waals surface area contributed by atoms with E-state index in [1.807, 2.05) is 0 Å². The van der Waals surface area contributed by atoms with E-state index in [4.69, 9.17) is 9.47 Å². The molecule has 0 radical (unpaired) electrons. The van der Waals surface area contributed by atoms with Gasteiger partial charge in [-0.3, -0.25) is 4.90 Å². The van der Waals surface area contributed by atoms with Gasteiger partial charge in [-0.1, -0.05) is 0 Å². The zero-order chi connectivity index (χ0) is 9.14. The smallest absolute Gasteiger partial charge is 0.296 e. The summed E-state index contributed by atoms with van der Waals surface area (Å²) in [6.45, 7) is 0. The van der Waals surface area contributed by atoms with Crippen molar-refractivity contribution >= 4 is 6.02 Å². The number of rotatable bonds is 1. The first-order valence-corrected chi connectivity index (χ1v) is 3.48.